The number of thiazole rings is 1. The molecule has 0 bridgehead atoms. The Labute approximate surface area is 108 Å². The van der Waals surface area contributed by atoms with Gasteiger partial charge in [0.15, 0.2) is 0 Å². The zero-order valence-corrected chi connectivity index (χ0v) is 11.0. The Morgan fingerprint density at radius 1 is 1.50 bits per heavy atom. The van der Waals surface area contributed by atoms with Crippen molar-refractivity contribution in [1.29, 1.82) is 0 Å². The van der Waals surface area contributed by atoms with Crippen LogP contribution in [-0.4, -0.2) is 15.5 Å². The maximum Gasteiger partial charge on any atom is 0.253 e. The van der Waals surface area contributed by atoms with E-state index in [0.29, 0.717) is 12.1 Å². The number of hydrogen-bond donors (Lipinski definition) is 1. The Morgan fingerprint density at radius 2 is 2.28 bits per heavy atom. The minimum atomic E-state index is -0.210. The van der Waals surface area contributed by atoms with E-state index in [1.54, 1.807) is 7.05 Å². The van der Waals surface area contributed by atoms with Crippen LogP contribution in [-0.2, 0) is 13.6 Å². The van der Waals surface area contributed by atoms with Crippen LogP contribution in [0.3, 0.4) is 0 Å². The van der Waals surface area contributed by atoms with E-state index in [1.807, 2.05) is 12.3 Å². The molecule has 0 aliphatic heterocycles. The van der Waals surface area contributed by atoms with E-state index in [2.05, 4.69) is 10.3 Å². The predicted octanol–water partition coefficient (Wildman–Crippen LogP) is 1.08. The van der Waals surface area contributed by atoms with E-state index < -0.39 is 0 Å². The Morgan fingerprint density at radius 3 is 2.89 bits per heavy atom. The van der Waals surface area contributed by atoms with Crippen molar-refractivity contribution >= 4 is 17.2 Å². The van der Waals surface area contributed by atoms with Crippen molar-refractivity contribution in [3.63, 3.8) is 0 Å². The largest absolute Gasteiger partial charge is 0.345 e. The van der Waals surface area contributed by atoms with E-state index in [9.17, 15) is 9.59 Å². The third-order valence-electron chi connectivity index (χ3n) is 2.41. The highest BCUT2D eigenvalue weighted by Gasteiger charge is 2.07. The Hall–Kier alpha value is -1.95. The van der Waals surface area contributed by atoms with Gasteiger partial charge in [0.25, 0.3) is 5.91 Å². The van der Waals surface area contributed by atoms with Gasteiger partial charge >= 0.3 is 0 Å². The number of carbonyl (C=O) groups excluding carboxylic acids is 1. The molecule has 0 aromatic carbocycles. The molecule has 5 nitrogen and oxygen atoms in total. The van der Waals surface area contributed by atoms with Crippen LogP contribution >= 0.6 is 11.3 Å². The van der Waals surface area contributed by atoms with Crippen LogP contribution in [0.1, 0.15) is 21.1 Å². The molecule has 0 spiro atoms. The smallest absolute Gasteiger partial charge is 0.253 e. The summed E-state index contributed by atoms with van der Waals surface area (Å²) in [7, 11) is 1.61. The summed E-state index contributed by atoms with van der Waals surface area (Å²) in [6, 6.07) is 2.90. The van der Waals surface area contributed by atoms with Crippen molar-refractivity contribution in [1.82, 2.24) is 14.9 Å². The molecule has 0 saturated heterocycles. The molecule has 0 fully saturated rings. The number of aromatic nitrogens is 2. The first-order chi connectivity index (χ1) is 8.56. The fourth-order valence-electron chi connectivity index (χ4n) is 1.47. The van der Waals surface area contributed by atoms with Crippen molar-refractivity contribution in [3.8, 4) is 0 Å². The maximum absolute atomic E-state index is 11.8. The van der Waals surface area contributed by atoms with E-state index in [0.717, 1.165) is 10.7 Å². The second-order valence-electron chi connectivity index (χ2n) is 3.93. The highest BCUT2D eigenvalue weighted by molar-refractivity contribution is 7.09. The third-order valence-corrected chi connectivity index (χ3v) is 3.38. The quantitative estimate of drug-likeness (QED) is 0.901. The molecule has 94 valence electrons. The van der Waals surface area contributed by atoms with Crippen molar-refractivity contribution in [2.45, 2.75) is 13.5 Å². The fourth-order valence-corrected chi connectivity index (χ4v) is 2.18. The van der Waals surface area contributed by atoms with Crippen LogP contribution < -0.4 is 10.9 Å². The summed E-state index contributed by atoms with van der Waals surface area (Å²) in [6.07, 6.45) is 1.52. The molecule has 0 aliphatic carbocycles. The zero-order chi connectivity index (χ0) is 13.1. The number of rotatable bonds is 3. The van der Waals surface area contributed by atoms with Gasteiger partial charge in [0.05, 0.1) is 12.1 Å². The van der Waals surface area contributed by atoms with Gasteiger partial charge in [0, 0.05) is 30.4 Å². The van der Waals surface area contributed by atoms with E-state index in [-0.39, 0.29) is 11.5 Å². The molecular formula is C12H13N3O2S. The fraction of sp³-hybridized carbons (Fsp3) is 0.250. The molecule has 6 heteroatoms. The first-order valence-electron chi connectivity index (χ1n) is 5.42. The normalized spacial score (nSPS) is 10.3. The lowest BCUT2D eigenvalue weighted by Crippen LogP contribution is -2.25. The number of pyridine rings is 1. The molecule has 2 aromatic rings. The van der Waals surface area contributed by atoms with Crippen molar-refractivity contribution < 1.29 is 4.79 Å². The monoisotopic (exact) mass is 263 g/mol. The average Bonchev–Trinajstić information content (AvgIpc) is 2.75. The van der Waals surface area contributed by atoms with Crippen LogP contribution in [0.15, 0.2) is 28.5 Å². The maximum atomic E-state index is 11.8. The number of hydrogen-bond acceptors (Lipinski definition) is 4. The van der Waals surface area contributed by atoms with Crippen LogP contribution in [0.5, 0.6) is 0 Å². The molecule has 2 rings (SSSR count). The van der Waals surface area contributed by atoms with E-state index in [1.165, 1.54) is 34.2 Å². The SMILES string of the molecule is Cc1csc(CNC(=O)c2ccc(=O)n(C)c2)n1. The van der Waals surface area contributed by atoms with Gasteiger partial charge in [-0.1, -0.05) is 0 Å². The average molecular weight is 263 g/mol. The number of carbonyl (C=O) groups is 1. The number of aryl methyl sites for hydroxylation is 2. The Kier molecular flexibility index (Phi) is 3.57. The summed E-state index contributed by atoms with van der Waals surface area (Å²) in [5.74, 6) is -0.210. The molecule has 0 aliphatic rings. The number of nitrogens with one attached hydrogen (secondary N) is 1. The Bertz CT molecular complexity index is 630. The van der Waals surface area contributed by atoms with Crippen LogP contribution in [0.4, 0.5) is 0 Å². The third kappa shape index (κ3) is 2.84. The van der Waals surface area contributed by atoms with Crippen molar-refractivity contribution in [3.05, 3.63) is 50.3 Å². The minimum absolute atomic E-state index is 0.137. The van der Waals surface area contributed by atoms with Gasteiger partial charge in [0.2, 0.25) is 5.56 Å². The van der Waals surface area contributed by atoms with Gasteiger partial charge in [-0.15, -0.1) is 11.3 Å². The van der Waals surface area contributed by atoms with Crippen molar-refractivity contribution in [2.75, 3.05) is 0 Å². The second kappa shape index (κ2) is 5.14. The van der Waals surface area contributed by atoms with Crippen LogP contribution in [0.2, 0.25) is 0 Å². The molecule has 2 heterocycles. The molecule has 0 radical (unpaired) electrons. The van der Waals surface area contributed by atoms with E-state index in [4.69, 9.17) is 0 Å². The molecule has 2 aromatic heterocycles. The summed E-state index contributed by atoms with van der Waals surface area (Å²) >= 11 is 1.51. The standard InChI is InChI=1S/C12H13N3O2S/c1-8-7-18-10(14-8)5-13-12(17)9-3-4-11(16)15(2)6-9/h3-4,6-7H,5H2,1-2H3,(H,13,17). The molecule has 18 heavy (non-hydrogen) atoms. The number of amides is 1. The second-order valence-corrected chi connectivity index (χ2v) is 4.87. The van der Waals surface area contributed by atoms with Gasteiger partial charge < -0.3 is 9.88 Å². The molecule has 1 N–H and O–H groups in total. The molecule has 0 unspecified atom stereocenters. The highest BCUT2D eigenvalue weighted by atomic mass is 32.1. The lowest BCUT2D eigenvalue weighted by Gasteiger charge is -2.04. The molecule has 0 atom stereocenters. The summed E-state index contributed by atoms with van der Waals surface area (Å²) in [5, 5.41) is 5.57. The highest BCUT2D eigenvalue weighted by Crippen LogP contribution is 2.08. The minimum Gasteiger partial charge on any atom is -0.345 e. The topological polar surface area (TPSA) is 64.0 Å². The summed E-state index contributed by atoms with van der Waals surface area (Å²) in [5.41, 5.74) is 1.28. The van der Waals surface area contributed by atoms with Crippen molar-refractivity contribution in [2.24, 2.45) is 7.05 Å². The van der Waals surface area contributed by atoms with E-state index >= 15 is 0 Å². The lowest BCUT2D eigenvalue weighted by atomic mass is 10.2. The predicted molar refractivity (Wildman–Crippen MR) is 69.7 cm³/mol. The summed E-state index contributed by atoms with van der Waals surface area (Å²) < 4.78 is 1.38. The van der Waals surface area contributed by atoms with Gasteiger partial charge in [-0.05, 0) is 13.0 Å². The summed E-state index contributed by atoms with van der Waals surface area (Å²) in [4.78, 5) is 27.3. The van der Waals surface area contributed by atoms with Crippen LogP contribution in [0, 0.1) is 6.92 Å². The van der Waals surface area contributed by atoms with Gasteiger partial charge in [-0.2, -0.15) is 0 Å². The first kappa shape index (κ1) is 12.5. The van der Waals surface area contributed by atoms with Gasteiger partial charge in [-0.25, -0.2) is 4.98 Å². The molecule has 0 saturated carbocycles. The summed E-state index contributed by atoms with van der Waals surface area (Å²) in [6.45, 7) is 2.31. The lowest BCUT2D eigenvalue weighted by molar-refractivity contribution is 0.0950. The van der Waals surface area contributed by atoms with Crippen LogP contribution in [0.25, 0.3) is 0 Å². The number of nitrogens with zero attached hydrogens (tertiary/aromatic N) is 2. The molecular weight excluding hydrogens is 250 g/mol. The van der Waals surface area contributed by atoms with Gasteiger partial charge in [-0.3, -0.25) is 9.59 Å². The van der Waals surface area contributed by atoms with Gasteiger partial charge in [0.1, 0.15) is 5.01 Å². The zero-order valence-electron chi connectivity index (χ0n) is 10.1. The Balaban J connectivity index is 2.03. The first-order valence-corrected chi connectivity index (χ1v) is 6.30. The molecule has 1 amide bonds.